The van der Waals surface area contributed by atoms with Crippen molar-refractivity contribution in [2.24, 2.45) is 0 Å². The molecule has 0 saturated carbocycles. The summed E-state index contributed by atoms with van der Waals surface area (Å²) in [5.41, 5.74) is 2.45. The number of pyridine rings is 1. The van der Waals surface area contributed by atoms with Gasteiger partial charge in [-0.15, -0.1) is 0 Å². The third kappa shape index (κ3) is 4.45. The molecule has 8 heteroatoms. The lowest BCUT2D eigenvalue weighted by atomic mass is 9.97. The Labute approximate surface area is 187 Å². The van der Waals surface area contributed by atoms with Gasteiger partial charge in [0.1, 0.15) is 5.82 Å². The summed E-state index contributed by atoms with van der Waals surface area (Å²) in [6, 6.07) is 9.22. The van der Waals surface area contributed by atoms with Crippen LogP contribution in [0.5, 0.6) is 17.2 Å². The number of rotatable bonds is 7. The summed E-state index contributed by atoms with van der Waals surface area (Å²) in [4.78, 5) is 26.5. The van der Waals surface area contributed by atoms with Crippen molar-refractivity contribution in [3.63, 3.8) is 0 Å². The van der Waals surface area contributed by atoms with Gasteiger partial charge in [0.05, 0.1) is 33.1 Å². The van der Waals surface area contributed by atoms with Gasteiger partial charge in [-0.3, -0.25) is 14.7 Å². The van der Waals surface area contributed by atoms with Crippen molar-refractivity contribution in [2.45, 2.75) is 31.8 Å². The second-order valence-corrected chi connectivity index (χ2v) is 7.73. The molecule has 4 rings (SSSR count). The van der Waals surface area contributed by atoms with E-state index in [0.29, 0.717) is 29.6 Å². The van der Waals surface area contributed by atoms with Crippen LogP contribution in [-0.2, 0) is 6.54 Å². The van der Waals surface area contributed by atoms with Gasteiger partial charge in [-0.1, -0.05) is 12.5 Å². The summed E-state index contributed by atoms with van der Waals surface area (Å²) in [6.45, 7) is 1.55. The number of hydrogen-bond acceptors (Lipinski definition) is 7. The Bertz CT molecular complexity index is 1120. The summed E-state index contributed by atoms with van der Waals surface area (Å²) in [7, 11) is 4.85. The number of nitrogens with one attached hydrogen (secondary N) is 1. The average molecular weight is 437 g/mol. The van der Waals surface area contributed by atoms with Crippen LogP contribution < -0.4 is 19.8 Å². The highest BCUT2D eigenvalue weighted by molar-refractivity contribution is 5.56. The third-order valence-corrected chi connectivity index (χ3v) is 5.83. The van der Waals surface area contributed by atoms with E-state index in [1.165, 1.54) is 0 Å². The quantitative estimate of drug-likeness (QED) is 0.605. The van der Waals surface area contributed by atoms with Crippen LogP contribution in [0, 0.1) is 0 Å². The molecule has 0 aliphatic carbocycles. The zero-order chi connectivity index (χ0) is 22.5. The first-order valence-electron chi connectivity index (χ1n) is 10.7. The molecular formula is C24H28N4O4. The van der Waals surface area contributed by atoms with Gasteiger partial charge in [0, 0.05) is 36.1 Å². The van der Waals surface area contributed by atoms with Gasteiger partial charge in [-0.25, -0.2) is 4.98 Å². The SMILES string of the molecule is COc1ccc(CN2CCCC[C@@H]2c2cc(=O)[nH]c(-c3ccncc3)n2)c(OC)c1OC. The standard InChI is InChI=1S/C24H28N4O4/c1-30-20-8-7-17(22(31-2)23(20)32-3)15-28-13-5-4-6-19(28)18-14-21(29)27-24(26-18)16-9-11-25-12-10-16/h7-12,14,19H,4-6,13,15H2,1-3H3,(H,26,27,29)/t19-/m1/s1. The third-order valence-electron chi connectivity index (χ3n) is 5.83. The highest BCUT2D eigenvalue weighted by Gasteiger charge is 2.28. The van der Waals surface area contributed by atoms with Crippen LogP contribution in [0.2, 0.25) is 0 Å². The van der Waals surface area contributed by atoms with Crippen LogP contribution >= 0.6 is 0 Å². The maximum atomic E-state index is 12.5. The number of benzene rings is 1. The molecule has 3 heterocycles. The Morgan fingerprint density at radius 1 is 1.03 bits per heavy atom. The van der Waals surface area contributed by atoms with E-state index in [9.17, 15) is 4.79 Å². The van der Waals surface area contributed by atoms with Crippen LogP contribution in [0.15, 0.2) is 47.5 Å². The summed E-state index contributed by atoms with van der Waals surface area (Å²) < 4.78 is 16.6. The number of nitrogens with zero attached hydrogens (tertiary/aromatic N) is 3. The normalized spacial score (nSPS) is 16.5. The van der Waals surface area contributed by atoms with E-state index in [0.717, 1.165) is 42.6 Å². The molecule has 0 unspecified atom stereocenters. The predicted octanol–water partition coefficient (Wildman–Crippen LogP) is 3.58. The molecule has 0 bridgehead atoms. The maximum absolute atomic E-state index is 12.5. The second kappa shape index (κ2) is 9.82. The zero-order valence-corrected chi connectivity index (χ0v) is 18.6. The topological polar surface area (TPSA) is 89.6 Å². The van der Waals surface area contributed by atoms with Crippen LogP contribution in [-0.4, -0.2) is 47.7 Å². The van der Waals surface area contributed by atoms with E-state index in [1.807, 2.05) is 24.3 Å². The van der Waals surface area contributed by atoms with E-state index in [1.54, 1.807) is 39.8 Å². The summed E-state index contributed by atoms with van der Waals surface area (Å²) in [5, 5.41) is 0. The van der Waals surface area contributed by atoms with Crippen LogP contribution in [0.4, 0.5) is 0 Å². The highest BCUT2D eigenvalue weighted by atomic mass is 16.5. The molecule has 32 heavy (non-hydrogen) atoms. The van der Waals surface area contributed by atoms with E-state index in [2.05, 4.69) is 14.9 Å². The molecule has 1 N–H and O–H groups in total. The van der Waals surface area contributed by atoms with Crippen LogP contribution in [0.1, 0.15) is 36.6 Å². The number of hydrogen-bond donors (Lipinski definition) is 1. The first-order chi connectivity index (χ1) is 15.6. The molecule has 8 nitrogen and oxygen atoms in total. The van der Waals surface area contributed by atoms with Gasteiger partial charge in [0.25, 0.3) is 5.56 Å². The van der Waals surface area contributed by atoms with E-state index in [-0.39, 0.29) is 11.6 Å². The lowest BCUT2D eigenvalue weighted by Crippen LogP contribution is -2.34. The number of ether oxygens (including phenoxy) is 3. The van der Waals surface area contributed by atoms with E-state index < -0.39 is 0 Å². The molecule has 0 radical (unpaired) electrons. The lowest BCUT2D eigenvalue weighted by Gasteiger charge is -2.35. The van der Waals surface area contributed by atoms with Gasteiger partial charge in [0.15, 0.2) is 11.5 Å². The summed E-state index contributed by atoms with van der Waals surface area (Å²) >= 11 is 0. The minimum atomic E-state index is -0.156. The largest absolute Gasteiger partial charge is 0.493 e. The number of aromatic nitrogens is 3. The van der Waals surface area contributed by atoms with Crippen molar-refractivity contribution in [1.29, 1.82) is 0 Å². The fourth-order valence-corrected chi connectivity index (χ4v) is 4.32. The van der Waals surface area contributed by atoms with Crippen molar-refractivity contribution >= 4 is 0 Å². The molecule has 0 spiro atoms. The number of piperidine rings is 1. The Balaban J connectivity index is 1.68. The fourth-order valence-electron chi connectivity index (χ4n) is 4.32. The van der Waals surface area contributed by atoms with Gasteiger partial charge < -0.3 is 19.2 Å². The van der Waals surface area contributed by atoms with Crippen LogP contribution in [0.25, 0.3) is 11.4 Å². The molecule has 1 aliphatic rings. The lowest BCUT2D eigenvalue weighted by molar-refractivity contribution is 0.135. The van der Waals surface area contributed by atoms with E-state index >= 15 is 0 Å². The molecule has 1 aromatic carbocycles. The Hall–Kier alpha value is -3.39. The molecule has 1 saturated heterocycles. The number of likely N-dealkylation sites (tertiary alicyclic amines) is 1. The molecule has 1 aliphatic heterocycles. The zero-order valence-electron chi connectivity index (χ0n) is 18.6. The van der Waals surface area contributed by atoms with Crippen molar-refractivity contribution in [3.05, 3.63) is 64.3 Å². The van der Waals surface area contributed by atoms with Crippen molar-refractivity contribution in [2.75, 3.05) is 27.9 Å². The Morgan fingerprint density at radius 2 is 1.81 bits per heavy atom. The molecule has 1 atom stereocenters. The van der Waals surface area contributed by atoms with Crippen molar-refractivity contribution in [3.8, 4) is 28.6 Å². The first-order valence-corrected chi connectivity index (χ1v) is 10.7. The fraction of sp³-hybridized carbons (Fsp3) is 0.375. The molecule has 168 valence electrons. The molecule has 3 aromatic rings. The average Bonchev–Trinajstić information content (AvgIpc) is 2.84. The Kier molecular flexibility index (Phi) is 6.70. The van der Waals surface area contributed by atoms with Gasteiger partial charge in [-0.2, -0.15) is 0 Å². The minimum Gasteiger partial charge on any atom is -0.493 e. The smallest absolute Gasteiger partial charge is 0.251 e. The summed E-state index contributed by atoms with van der Waals surface area (Å²) in [5.74, 6) is 2.42. The van der Waals surface area contributed by atoms with Crippen molar-refractivity contribution in [1.82, 2.24) is 19.9 Å². The molecule has 1 fully saturated rings. The number of aromatic amines is 1. The van der Waals surface area contributed by atoms with Gasteiger partial charge in [0.2, 0.25) is 5.75 Å². The maximum Gasteiger partial charge on any atom is 0.251 e. The highest BCUT2D eigenvalue weighted by Crippen LogP contribution is 2.41. The molecule has 0 amide bonds. The summed E-state index contributed by atoms with van der Waals surface area (Å²) in [6.07, 6.45) is 6.49. The molecule has 2 aromatic heterocycles. The Morgan fingerprint density at radius 3 is 2.53 bits per heavy atom. The second-order valence-electron chi connectivity index (χ2n) is 7.73. The van der Waals surface area contributed by atoms with Crippen molar-refractivity contribution < 1.29 is 14.2 Å². The van der Waals surface area contributed by atoms with Crippen LogP contribution in [0.3, 0.4) is 0 Å². The van der Waals surface area contributed by atoms with Gasteiger partial charge >= 0.3 is 0 Å². The van der Waals surface area contributed by atoms with Gasteiger partial charge in [-0.05, 0) is 37.6 Å². The predicted molar refractivity (Wildman–Crippen MR) is 121 cm³/mol. The molecular weight excluding hydrogens is 408 g/mol. The first kappa shape index (κ1) is 21.8. The van der Waals surface area contributed by atoms with E-state index in [4.69, 9.17) is 19.2 Å². The number of methoxy groups -OCH3 is 3. The number of H-pyrrole nitrogens is 1. The minimum absolute atomic E-state index is 0.0319. The monoisotopic (exact) mass is 436 g/mol.